The summed E-state index contributed by atoms with van der Waals surface area (Å²) in [4.78, 5) is 14.6. The Bertz CT molecular complexity index is 762. The summed E-state index contributed by atoms with van der Waals surface area (Å²) < 4.78 is 27.1. The van der Waals surface area contributed by atoms with Crippen LogP contribution >= 0.6 is 15.9 Å². The molecule has 0 unspecified atom stereocenters. The standard InChI is InChI=1S/C12H9BrN2O4S/c13-10-5-2-6-14-11(10)15-20(18,19)9-4-1-3-8(7-9)12(16)17/h1-7H,(H,14,15)(H,16,17). The molecule has 2 aromatic rings. The lowest BCUT2D eigenvalue weighted by atomic mass is 10.2. The van der Waals surface area contributed by atoms with Crippen LogP contribution in [-0.2, 0) is 10.0 Å². The van der Waals surface area contributed by atoms with Crippen LogP contribution in [0.4, 0.5) is 5.82 Å². The highest BCUT2D eigenvalue weighted by Gasteiger charge is 2.17. The number of aromatic carboxylic acids is 1. The maximum absolute atomic E-state index is 12.2. The van der Waals surface area contributed by atoms with Crippen LogP contribution in [0.3, 0.4) is 0 Å². The number of halogens is 1. The number of sulfonamides is 1. The van der Waals surface area contributed by atoms with Gasteiger partial charge < -0.3 is 5.11 Å². The summed E-state index contributed by atoms with van der Waals surface area (Å²) in [7, 11) is -3.90. The smallest absolute Gasteiger partial charge is 0.335 e. The van der Waals surface area contributed by atoms with Crippen LogP contribution < -0.4 is 4.72 Å². The summed E-state index contributed by atoms with van der Waals surface area (Å²) in [6.45, 7) is 0. The Labute approximate surface area is 123 Å². The average Bonchev–Trinajstić information content (AvgIpc) is 2.41. The van der Waals surface area contributed by atoms with Gasteiger partial charge in [-0.2, -0.15) is 0 Å². The van der Waals surface area contributed by atoms with E-state index < -0.39 is 16.0 Å². The van der Waals surface area contributed by atoms with Crippen molar-refractivity contribution in [2.45, 2.75) is 4.90 Å². The number of rotatable bonds is 4. The Balaban J connectivity index is 2.38. The van der Waals surface area contributed by atoms with Crippen molar-refractivity contribution in [1.29, 1.82) is 0 Å². The number of aromatic nitrogens is 1. The molecule has 6 nitrogen and oxygen atoms in total. The largest absolute Gasteiger partial charge is 0.478 e. The first-order valence-electron chi connectivity index (χ1n) is 5.37. The topological polar surface area (TPSA) is 96.4 Å². The molecule has 2 N–H and O–H groups in total. The molecule has 0 aliphatic carbocycles. The third kappa shape index (κ3) is 3.14. The lowest BCUT2D eigenvalue weighted by Crippen LogP contribution is -2.15. The van der Waals surface area contributed by atoms with Crippen LogP contribution in [0.25, 0.3) is 0 Å². The zero-order valence-corrected chi connectivity index (χ0v) is 12.3. The molecule has 20 heavy (non-hydrogen) atoms. The number of hydrogen-bond donors (Lipinski definition) is 2. The molecule has 1 aromatic carbocycles. The van der Waals surface area contributed by atoms with Crippen LogP contribution in [0.15, 0.2) is 52.0 Å². The van der Waals surface area contributed by atoms with E-state index in [4.69, 9.17) is 5.11 Å². The van der Waals surface area contributed by atoms with Gasteiger partial charge in [-0.3, -0.25) is 4.72 Å². The number of nitrogens with zero attached hydrogens (tertiary/aromatic N) is 1. The molecule has 1 aromatic heterocycles. The van der Waals surface area contributed by atoms with E-state index in [1.165, 1.54) is 24.4 Å². The van der Waals surface area contributed by atoms with Gasteiger partial charge in [-0.05, 0) is 46.3 Å². The lowest BCUT2D eigenvalue weighted by Gasteiger charge is -2.09. The van der Waals surface area contributed by atoms with Crippen molar-refractivity contribution >= 4 is 37.7 Å². The van der Waals surface area contributed by atoms with E-state index in [1.807, 2.05) is 0 Å². The normalized spacial score (nSPS) is 11.1. The number of pyridine rings is 1. The van der Waals surface area contributed by atoms with Crippen LogP contribution in [0, 0.1) is 0 Å². The molecule has 2 rings (SSSR count). The molecule has 0 atom stereocenters. The highest BCUT2D eigenvalue weighted by molar-refractivity contribution is 9.10. The van der Waals surface area contributed by atoms with Gasteiger partial charge in [0.1, 0.15) is 0 Å². The number of carboxylic acid groups (broad SMARTS) is 1. The minimum absolute atomic E-state index is 0.104. The first-order valence-corrected chi connectivity index (χ1v) is 7.64. The van der Waals surface area contributed by atoms with Crippen LogP contribution in [0.2, 0.25) is 0 Å². The second-order valence-corrected chi connectivity index (χ2v) is 6.31. The molecule has 0 saturated heterocycles. The first kappa shape index (κ1) is 14.5. The molecule has 0 aliphatic rings. The SMILES string of the molecule is O=C(O)c1cccc(S(=O)(=O)Nc2ncccc2Br)c1. The Hall–Kier alpha value is -1.93. The maximum Gasteiger partial charge on any atom is 0.335 e. The number of carbonyl (C=O) groups is 1. The summed E-state index contributed by atoms with van der Waals surface area (Å²) in [5.74, 6) is -1.06. The summed E-state index contributed by atoms with van der Waals surface area (Å²) in [5, 5.41) is 8.87. The van der Waals surface area contributed by atoms with Crippen molar-refractivity contribution in [1.82, 2.24) is 4.98 Å². The number of nitrogens with one attached hydrogen (secondary N) is 1. The highest BCUT2D eigenvalue weighted by Crippen LogP contribution is 2.22. The fraction of sp³-hybridized carbons (Fsp3) is 0. The van der Waals surface area contributed by atoms with Gasteiger partial charge in [0.25, 0.3) is 10.0 Å². The molecule has 0 radical (unpaired) electrons. The lowest BCUT2D eigenvalue weighted by molar-refractivity contribution is 0.0696. The van der Waals surface area contributed by atoms with Crippen LogP contribution in [0.5, 0.6) is 0 Å². The number of benzene rings is 1. The van der Waals surface area contributed by atoms with Gasteiger partial charge in [0, 0.05) is 6.20 Å². The molecule has 0 bridgehead atoms. The molecule has 0 fully saturated rings. The van der Waals surface area contributed by atoms with E-state index in [1.54, 1.807) is 12.1 Å². The number of carboxylic acids is 1. The fourth-order valence-electron chi connectivity index (χ4n) is 1.44. The van der Waals surface area contributed by atoms with Crippen molar-refractivity contribution in [2.24, 2.45) is 0 Å². The van der Waals surface area contributed by atoms with E-state index in [0.717, 1.165) is 6.07 Å². The highest BCUT2D eigenvalue weighted by atomic mass is 79.9. The van der Waals surface area contributed by atoms with E-state index in [9.17, 15) is 13.2 Å². The molecule has 1 heterocycles. The third-order valence-corrected chi connectivity index (χ3v) is 4.36. The van der Waals surface area contributed by atoms with E-state index in [2.05, 4.69) is 25.6 Å². The molecule has 0 spiro atoms. The van der Waals surface area contributed by atoms with Gasteiger partial charge in [0.15, 0.2) is 5.82 Å². The van der Waals surface area contributed by atoms with Crippen LogP contribution in [-0.4, -0.2) is 24.5 Å². The predicted octanol–water partition coefficient (Wildman–Crippen LogP) is 2.34. The average molecular weight is 357 g/mol. The minimum Gasteiger partial charge on any atom is -0.478 e. The van der Waals surface area contributed by atoms with Crippen molar-refractivity contribution in [3.63, 3.8) is 0 Å². The Morgan fingerprint density at radius 1 is 1.25 bits per heavy atom. The van der Waals surface area contributed by atoms with Gasteiger partial charge in [-0.1, -0.05) is 6.07 Å². The molecule has 0 aliphatic heterocycles. The van der Waals surface area contributed by atoms with Crippen molar-refractivity contribution < 1.29 is 18.3 Å². The van der Waals surface area contributed by atoms with Crippen LogP contribution in [0.1, 0.15) is 10.4 Å². The second kappa shape index (κ2) is 5.59. The summed E-state index contributed by atoms with van der Waals surface area (Å²) in [5.41, 5.74) is -0.104. The van der Waals surface area contributed by atoms with E-state index >= 15 is 0 Å². The predicted molar refractivity (Wildman–Crippen MR) is 76.1 cm³/mol. The Morgan fingerprint density at radius 3 is 2.65 bits per heavy atom. The zero-order chi connectivity index (χ0) is 14.8. The van der Waals surface area contributed by atoms with Gasteiger partial charge in [-0.15, -0.1) is 0 Å². The summed E-state index contributed by atoms with van der Waals surface area (Å²) >= 11 is 3.18. The first-order chi connectivity index (χ1) is 9.40. The number of anilines is 1. The minimum atomic E-state index is -3.90. The Kier molecular flexibility index (Phi) is 4.05. The van der Waals surface area contributed by atoms with E-state index in [-0.39, 0.29) is 16.3 Å². The van der Waals surface area contributed by atoms with Gasteiger partial charge in [0.05, 0.1) is 14.9 Å². The fourth-order valence-corrected chi connectivity index (χ4v) is 3.00. The molecule has 0 saturated carbocycles. The van der Waals surface area contributed by atoms with Crippen molar-refractivity contribution in [3.05, 3.63) is 52.6 Å². The molecular weight excluding hydrogens is 348 g/mol. The van der Waals surface area contributed by atoms with Crippen molar-refractivity contribution in [2.75, 3.05) is 4.72 Å². The quantitative estimate of drug-likeness (QED) is 0.876. The second-order valence-electron chi connectivity index (χ2n) is 3.77. The van der Waals surface area contributed by atoms with Gasteiger partial charge >= 0.3 is 5.97 Å². The summed E-state index contributed by atoms with van der Waals surface area (Å²) in [6, 6.07) is 8.36. The van der Waals surface area contributed by atoms with Gasteiger partial charge in [-0.25, -0.2) is 18.2 Å². The zero-order valence-electron chi connectivity index (χ0n) is 9.95. The summed E-state index contributed by atoms with van der Waals surface area (Å²) in [6.07, 6.45) is 1.44. The molecule has 104 valence electrons. The molecule has 0 amide bonds. The maximum atomic E-state index is 12.2. The third-order valence-electron chi connectivity index (χ3n) is 2.38. The van der Waals surface area contributed by atoms with Crippen molar-refractivity contribution in [3.8, 4) is 0 Å². The molecular formula is C12H9BrN2O4S. The number of hydrogen-bond acceptors (Lipinski definition) is 4. The van der Waals surface area contributed by atoms with E-state index in [0.29, 0.717) is 4.47 Å². The monoisotopic (exact) mass is 356 g/mol. The van der Waals surface area contributed by atoms with Gasteiger partial charge in [0.2, 0.25) is 0 Å². The molecule has 8 heteroatoms. The Morgan fingerprint density at radius 2 is 2.00 bits per heavy atom.